The van der Waals surface area contributed by atoms with Crippen molar-refractivity contribution < 1.29 is 4.79 Å². The van der Waals surface area contributed by atoms with Crippen LogP contribution in [0.5, 0.6) is 0 Å². The van der Waals surface area contributed by atoms with Crippen molar-refractivity contribution in [1.29, 1.82) is 0 Å². The number of rotatable bonds is 9. The van der Waals surface area contributed by atoms with E-state index in [0.29, 0.717) is 16.7 Å². The van der Waals surface area contributed by atoms with Crippen molar-refractivity contribution >= 4 is 34.7 Å². The SMILES string of the molecule is CC(=O)Nc1cc(-c2cc(C(NCCN(C)C)c3ccc(Cl)cc3)c(-c3nnc[nH]3)s2)ccn1. The van der Waals surface area contributed by atoms with Gasteiger partial charge in [-0.05, 0) is 61.1 Å². The molecule has 0 radical (unpaired) electrons. The van der Waals surface area contributed by atoms with Gasteiger partial charge in [-0.2, -0.15) is 0 Å². The summed E-state index contributed by atoms with van der Waals surface area (Å²) in [6, 6.07) is 13.8. The van der Waals surface area contributed by atoms with E-state index in [9.17, 15) is 4.79 Å². The molecule has 34 heavy (non-hydrogen) atoms. The van der Waals surface area contributed by atoms with Gasteiger partial charge in [0.1, 0.15) is 12.1 Å². The van der Waals surface area contributed by atoms with Gasteiger partial charge in [0, 0.05) is 36.1 Å². The van der Waals surface area contributed by atoms with Crippen molar-refractivity contribution in [1.82, 2.24) is 30.4 Å². The summed E-state index contributed by atoms with van der Waals surface area (Å²) >= 11 is 7.78. The van der Waals surface area contributed by atoms with Crippen LogP contribution >= 0.6 is 22.9 Å². The largest absolute Gasteiger partial charge is 0.327 e. The third kappa shape index (κ3) is 5.87. The smallest absolute Gasteiger partial charge is 0.222 e. The maximum absolute atomic E-state index is 11.5. The van der Waals surface area contributed by atoms with E-state index in [1.807, 2.05) is 36.4 Å². The number of nitrogens with one attached hydrogen (secondary N) is 3. The summed E-state index contributed by atoms with van der Waals surface area (Å²) in [6.07, 6.45) is 3.27. The van der Waals surface area contributed by atoms with Gasteiger partial charge in [-0.25, -0.2) is 4.98 Å². The number of thiophene rings is 1. The number of nitrogens with zero attached hydrogens (tertiary/aromatic N) is 4. The molecule has 1 amide bonds. The Balaban J connectivity index is 1.79. The van der Waals surface area contributed by atoms with Gasteiger partial charge in [0.2, 0.25) is 5.91 Å². The van der Waals surface area contributed by atoms with Crippen molar-refractivity contribution in [3.8, 4) is 21.1 Å². The summed E-state index contributed by atoms with van der Waals surface area (Å²) in [7, 11) is 4.11. The van der Waals surface area contributed by atoms with E-state index in [1.165, 1.54) is 6.92 Å². The zero-order chi connectivity index (χ0) is 24.1. The zero-order valence-corrected chi connectivity index (χ0v) is 20.7. The van der Waals surface area contributed by atoms with Gasteiger partial charge in [0.15, 0.2) is 5.82 Å². The number of anilines is 1. The lowest BCUT2D eigenvalue weighted by Crippen LogP contribution is -2.30. The quantitative estimate of drug-likeness (QED) is 0.317. The molecule has 4 rings (SSSR count). The summed E-state index contributed by atoms with van der Waals surface area (Å²) in [5, 5.41) is 15.4. The average Bonchev–Trinajstić information content (AvgIpc) is 3.47. The summed E-state index contributed by atoms with van der Waals surface area (Å²) in [6.45, 7) is 3.15. The highest BCUT2D eigenvalue weighted by atomic mass is 35.5. The molecule has 8 nitrogen and oxygen atoms in total. The molecule has 0 saturated heterocycles. The van der Waals surface area contributed by atoms with E-state index in [4.69, 9.17) is 11.6 Å². The van der Waals surface area contributed by atoms with E-state index < -0.39 is 0 Å². The molecule has 1 atom stereocenters. The Morgan fingerprint density at radius 1 is 1.21 bits per heavy atom. The van der Waals surface area contributed by atoms with Gasteiger partial charge < -0.3 is 20.5 Å². The van der Waals surface area contributed by atoms with Crippen LogP contribution in [0.25, 0.3) is 21.1 Å². The second-order valence-electron chi connectivity index (χ2n) is 8.09. The first-order valence-electron chi connectivity index (χ1n) is 10.8. The van der Waals surface area contributed by atoms with Crippen molar-refractivity contribution in [2.75, 3.05) is 32.5 Å². The average molecular weight is 496 g/mol. The predicted octanol–water partition coefficient (Wildman–Crippen LogP) is 4.45. The lowest BCUT2D eigenvalue weighted by Gasteiger charge is -2.21. The van der Waals surface area contributed by atoms with Crippen LogP contribution in [0.15, 0.2) is 55.0 Å². The molecule has 3 N–H and O–H groups in total. The number of pyridine rings is 1. The molecule has 0 bridgehead atoms. The summed E-state index contributed by atoms with van der Waals surface area (Å²) < 4.78 is 0. The second-order valence-corrected chi connectivity index (χ2v) is 9.57. The highest BCUT2D eigenvalue weighted by Gasteiger charge is 2.23. The molecule has 0 aliphatic heterocycles. The summed E-state index contributed by atoms with van der Waals surface area (Å²) in [5.41, 5.74) is 3.14. The maximum Gasteiger partial charge on any atom is 0.222 e. The molecule has 1 unspecified atom stereocenters. The van der Waals surface area contributed by atoms with Crippen LogP contribution in [-0.4, -0.2) is 58.2 Å². The van der Waals surface area contributed by atoms with Crippen molar-refractivity contribution in [3.05, 3.63) is 71.1 Å². The lowest BCUT2D eigenvalue weighted by molar-refractivity contribution is -0.114. The third-order valence-electron chi connectivity index (χ3n) is 5.16. The highest BCUT2D eigenvalue weighted by Crippen LogP contribution is 2.41. The molecule has 3 aromatic heterocycles. The Morgan fingerprint density at radius 2 is 2.00 bits per heavy atom. The number of H-pyrrole nitrogens is 1. The minimum Gasteiger partial charge on any atom is -0.327 e. The molecule has 0 fully saturated rings. The highest BCUT2D eigenvalue weighted by molar-refractivity contribution is 7.19. The number of benzene rings is 1. The minimum atomic E-state index is -0.160. The van der Waals surface area contributed by atoms with Crippen molar-refractivity contribution in [3.63, 3.8) is 0 Å². The van der Waals surface area contributed by atoms with Crippen LogP contribution in [0.3, 0.4) is 0 Å². The maximum atomic E-state index is 11.5. The van der Waals surface area contributed by atoms with Crippen molar-refractivity contribution in [2.45, 2.75) is 13.0 Å². The van der Waals surface area contributed by atoms with E-state index in [0.717, 1.165) is 39.5 Å². The minimum absolute atomic E-state index is 0.0843. The number of aromatic nitrogens is 4. The number of carbonyl (C=O) groups excluding carboxylic acids is 1. The molecule has 10 heteroatoms. The van der Waals surface area contributed by atoms with E-state index in [-0.39, 0.29) is 11.9 Å². The zero-order valence-electron chi connectivity index (χ0n) is 19.2. The Labute approximate surface area is 207 Å². The van der Waals surface area contributed by atoms with Gasteiger partial charge in [0.25, 0.3) is 0 Å². The fourth-order valence-electron chi connectivity index (χ4n) is 3.59. The Kier molecular flexibility index (Phi) is 7.69. The van der Waals surface area contributed by atoms with Crippen LogP contribution in [0.1, 0.15) is 24.1 Å². The normalized spacial score (nSPS) is 12.1. The fourth-order valence-corrected chi connectivity index (χ4v) is 4.86. The summed E-state index contributed by atoms with van der Waals surface area (Å²) in [5.74, 6) is 1.06. The number of halogens is 1. The Morgan fingerprint density at radius 3 is 2.68 bits per heavy atom. The first kappa shape index (κ1) is 24.0. The van der Waals surface area contributed by atoms with Gasteiger partial charge in [-0.1, -0.05) is 23.7 Å². The molecule has 0 saturated carbocycles. The van der Waals surface area contributed by atoms with Gasteiger partial charge >= 0.3 is 0 Å². The van der Waals surface area contributed by atoms with Gasteiger partial charge in [0.05, 0.1) is 10.9 Å². The molecule has 4 aromatic rings. The molecule has 0 aliphatic carbocycles. The van der Waals surface area contributed by atoms with Crippen LogP contribution in [-0.2, 0) is 4.79 Å². The number of amides is 1. The predicted molar refractivity (Wildman–Crippen MR) is 137 cm³/mol. The second kappa shape index (κ2) is 10.9. The molecule has 1 aromatic carbocycles. The van der Waals surface area contributed by atoms with Crippen LogP contribution in [0.2, 0.25) is 5.02 Å². The standard InChI is InChI=1S/C24H26ClN7OS/c1-15(33)30-21-12-17(8-9-26-21)20-13-19(23(34-20)24-28-14-29-31-24)22(27-10-11-32(2)3)16-4-6-18(25)7-5-16/h4-9,12-14,22,27H,10-11H2,1-3H3,(H,26,30,33)(H,28,29,31). The van der Waals surface area contributed by atoms with Crippen molar-refractivity contribution in [2.24, 2.45) is 0 Å². The molecular weight excluding hydrogens is 470 g/mol. The molecule has 0 aliphatic rings. The van der Waals surface area contributed by atoms with E-state index >= 15 is 0 Å². The van der Waals surface area contributed by atoms with Crippen LogP contribution in [0.4, 0.5) is 5.82 Å². The number of aromatic amines is 1. The van der Waals surface area contributed by atoms with Gasteiger partial charge in [-0.3, -0.25) is 4.79 Å². The number of hydrogen-bond donors (Lipinski definition) is 3. The van der Waals surface area contributed by atoms with Gasteiger partial charge in [-0.15, -0.1) is 21.5 Å². The Bertz CT molecular complexity index is 1240. The molecule has 3 heterocycles. The van der Waals surface area contributed by atoms with Crippen LogP contribution in [0, 0.1) is 0 Å². The number of likely N-dealkylation sites (N-methyl/N-ethyl adjacent to an activating group) is 1. The number of carbonyl (C=O) groups is 1. The topological polar surface area (TPSA) is 98.8 Å². The lowest BCUT2D eigenvalue weighted by atomic mass is 9.98. The van der Waals surface area contributed by atoms with Crippen LogP contribution < -0.4 is 10.6 Å². The first-order chi connectivity index (χ1) is 16.4. The first-order valence-corrected chi connectivity index (χ1v) is 12.0. The van der Waals surface area contributed by atoms with E-state index in [2.05, 4.69) is 55.9 Å². The third-order valence-corrected chi connectivity index (χ3v) is 6.62. The monoisotopic (exact) mass is 495 g/mol. The molecule has 176 valence electrons. The summed E-state index contributed by atoms with van der Waals surface area (Å²) in [4.78, 5) is 23.1. The molecule has 0 spiro atoms. The number of hydrogen-bond acceptors (Lipinski definition) is 7. The van der Waals surface area contributed by atoms with E-state index in [1.54, 1.807) is 23.9 Å². The molecular formula is C24H26ClN7OS. The fraction of sp³-hybridized carbons (Fsp3) is 0.250. The Hall–Kier alpha value is -3.11.